The zero-order chi connectivity index (χ0) is 20.8. The Hall–Kier alpha value is -3.49. The Labute approximate surface area is 173 Å². The molecule has 0 amide bonds. The Morgan fingerprint density at radius 1 is 0.967 bits per heavy atom. The predicted octanol–water partition coefficient (Wildman–Crippen LogP) is 1.98. The van der Waals surface area contributed by atoms with Crippen molar-refractivity contribution in [2.45, 2.75) is 19.9 Å². The second-order valence-electron chi connectivity index (χ2n) is 7.96. The van der Waals surface area contributed by atoms with Gasteiger partial charge < -0.3 is 9.80 Å². The molecular formula is C21H24N8O. The number of aromatic nitrogens is 6. The van der Waals surface area contributed by atoms with Gasteiger partial charge >= 0.3 is 0 Å². The first kappa shape index (κ1) is 18.5. The molecule has 1 fully saturated rings. The maximum Gasteiger partial charge on any atom is 0.261 e. The maximum atomic E-state index is 12.7. The summed E-state index contributed by atoms with van der Waals surface area (Å²) in [6.45, 7) is 7.39. The Morgan fingerprint density at radius 2 is 1.73 bits per heavy atom. The Kier molecular flexibility index (Phi) is 4.38. The van der Waals surface area contributed by atoms with Gasteiger partial charge in [0.25, 0.3) is 5.56 Å². The molecule has 0 N–H and O–H groups in total. The quantitative estimate of drug-likeness (QED) is 0.516. The second kappa shape index (κ2) is 7.08. The fourth-order valence-corrected chi connectivity index (χ4v) is 4.05. The van der Waals surface area contributed by atoms with Crippen molar-refractivity contribution >= 4 is 33.4 Å². The molecule has 1 aromatic carbocycles. The molecule has 0 atom stereocenters. The monoisotopic (exact) mass is 404 g/mol. The van der Waals surface area contributed by atoms with Crippen LogP contribution in [0.5, 0.6) is 0 Å². The molecule has 0 aliphatic carbocycles. The number of hydrogen-bond acceptors (Lipinski definition) is 7. The summed E-state index contributed by atoms with van der Waals surface area (Å²) < 4.78 is 3.44. The van der Waals surface area contributed by atoms with Crippen LogP contribution < -0.4 is 15.4 Å². The van der Waals surface area contributed by atoms with Crippen molar-refractivity contribution in [1.29, 1.82) is 0 Å². The average molecular weight is 404 g/mol. The van der Waals surface area contributed by atoms with Crippen molar-refractivity contribution in [2.24, 2.45) is 7.05 Å². The summed E-state index contributed by atoms with van der Waals surface area (Å²) in [5.74, 6) is 0.933. The molecular weight excluding hydrogens is 380 g/mol. The van der Waals surface area contributed by atoms with Gasteiger partial charge in [-0.15, -0.1) is 0 Å². The van der Waals surface area contributed by atoms with E-state index in [9.17, 15) is 4.79 Å². The third kappa shape index (κ3) is 3.06. The first-order valence-corrected chi connectivity index (χ1v) is 10.2. The molecule has 5 rings (SSSR count). The van der Waals surface area contributed by atoms with Crippen molar-refractivity contribution in [1.82, 2.24) is 29.3 Å². The molecule has 4 aromatic rings. The molecule has 0 unspecified atom stereocenters. The number of fused-ring (bicyclic) bond motifs is 2. The van der Waals surface area contributed by atoms with E-state index < -0.39 is 0 Å². The number of piperazine rings is 1. The smallest absolute Gasteiger partial charge is 0.261 e. The van der Waals surface area contributed by atoms with Crippen molar-refractivity contribution in [3.05, 3.63) is 47.4 Å². The molecule has 1 aliphatic heterocycles. The minimum absolute atomic E-state index is 0.00983. The molecule has 9 nitrogen and oxygen atoms in total. The molecule has 9 heteroatoms. The summed E-state index contributed by atoms with van der Waals surface area (Å²) >= 11 is 0. The van der Waals surface area contributed by atoms with Crippen LogP contribution in [0.15, 0.2) is 41.8 Å². The van der Waals surface area contributed by atoms with E-state index >= 15 is 0 Å². The third-order valence-electron chi connectivity index (χ3n) is 5.68. The molecule has 154 valence electrons. The maximum absolute atomic E-state index is 12.7. The molecule has 0 saturated carbocycles. The van der Waals surface area contributed by atoms with E-state index in [2.05, 4.69) is 29.9 Å². The van der Waals surface area contributed by atoms with Gasteiger partial charge in [0.15, 0.2) is 5.65 Å². The minimum atomic E-state index is 0.00983. The van der Waals surface area contributed by atoms with E-state index in [0.29, 0.717) is 5.39 Å². The van der Waals surface area contributed by atoms with Gasteiger partial charge in [-0.3, -0.25) is 14.0 Å². The van der Waals surface area contributed by atoms with E-state index in [-0.39, 0.29) is 11.6 Å². The number of aryl methyl sites for hydroxylation is 1. The van der Waals surface area contributed by atoms with Crippen molar-refractivity contribution in [3.8, 4) is 0 Å². The summed E-state index contributed by atoms with van der Waals surface area (Å²) in [5, 5.41) is 6.02. The van der Waals surface area contributed by atoms with Gasteiger partial charge in [0, 0.05) is 51.2 Å². The molecule has 30 heavy (non-hydrogen) atoms. The lowest BCUT2D eigenvalue weighted by atomic mass is 10.2. The highest BCUT2D eigenvalue weighted by molar-refractivity contribution is 5.86. The van der Waals surface area contributed by atoms with Crippen LogP contribution in [-0.4, -0.2) is 55.5 Å². The molecule has 4 heterocycles. The standard InChI is InChI=1S/C21H24N8O/c1-14(2)29-13-24-18-10-15(4-5-16(18)21(29)30)27-6-8-28(9-7-27)20-17-11-26(3)25-19(17)22-12-23-20/h4-5,10-14H,6-9H2,1-3H3. The minimum Gasteiger partial charge on any atom is -0.368 e. The summed E-state index contributed by atoms with van der Waals surface area (Å²) in [7, 11) is 1.90. The largest absolute Gasteiger partial charge is 0.368 e. The molecule has 1 saturated heterocycles. The van der Waals surface area contributed by atoms with Gasteiger partial charge in [0.1, 0.15) is 12.1 Å². The van der Waals surface area contributed by atoms with Crippen molar-refractivity contribution < 1.29 is 0 Å². The van der Waals surface area contributed by atoms with Crippen LogP contribution in [-0.2, 0) is 7.05 Å². The van der Waals surface area contributed by atoms with Gasteiger partial charge in [0.05, 0.1) is 22.6 Å². The van der Waals surface area contributed by atoms with Crippen molar-refractivity contribution in [3.63, 3.8) is 0 Å². The average Bonchev–Trinajstić information content (AvgIpc) is 3.14. The Morgan fingerprint density at radius 3 is 2.50 bits per heavy atom. The van der Waals surface area contributed by atoms with E-state index in [0.717, 1.165) is 54.2 Å². The van der Waals surface area contributed by atoms with E-state index in [1.165, 1.54) is 0 Å². The molecule has 3 aromatic heterocycles. The predicted molar refractivity (Wildman–Crippen MR) is 117 cm³/mol. The van der Waals surface area contributed by atoms with Crippen LogP contribution in [0.3, 0.4) is 0 Å². The highest BCUT2D eigenvalue weighted by Crippen LogP contribution is 2.25. The number of hydrogen-bond donors (Lipinski definition) is 0. The second-order valence-corrected chi connectivity index (χ2v) is 7.96. The number of benzene rings is 1. The number of anilines is 2. The van der Waals surface area contributed by atoms with Crippen LogP contribution >= 0.6 is 0 Å². The lowest BCUT2D eigenvalue weighted by molar-refractivity contribution is 0.573. The van der Waals surface area contributed by atoms with Crippen LogP contribution in [0.25, 0.3) is 21.9 Å². The van der Waals surface area contributed by atoms with Gasteiger partial charge in [-0.25, -0.2) is 15.0 Å². The Balaban J connectivity index is 1.38. The molecule has 0 radical (unpaired) electrons. The topological polar surface area (TPSA) is 85.0 Å². The first-order valence-electron chi connectivity index (χ1n) is 10.2. The van der Waals surface area contributed by atoms with E-state index in [1.54, 1.807) is 21.9 Å². The van der Waals surface area contributed by atoms with Crippen LogP contribution in [0.2, 0.25) is 0 Å². The van der Waals surface area contributed by atoms with E-state index in [4.69, 9.17) is 0 Å². The molecule has 0 bridgehead atoms. The van der Waals surface area contributed by atoms with Gasteiger partial charge in [-0.05, 0) is 32.0 Å². The lowest BCUT2D eigenvalue weighted by Gasteiger charge is -2.36. The normalized spacial score (nSPS) is 14.9. The van der Waals surface area contributed by atoms with Crippen LogP contribution in [0, 0.1) is 0 Å². The summed E-state index contributed by atoms with van der Waals surface area (Å²) in [6, 6.07) is 6.03. The summed E-state index contributed by atoms with van der Waals surface area (Å²) in [5.41, 5.74) is 2.56. The van der Waals surface area contributed by atoms with Gasteiger partial charge in [-0.1, -0.05) is 0 Å². The SMILES string of the molecule is CC(C)n1cnc2cc(N3CCN(c4ncnc5nn(C)cc45)CC3)ccc2c1=O. The van der Waals surface area contributed by atoms with Crippen LogP contribution in [0.4, 0.5) is 11.5 Å². The number of rotatable bonds is 3. The summed E-state index contributed by atoms with van der Waals surface area (Å²) in [4.78, 5) is 30.5. The fraction of sp³-hybridized carbons (Fsp3) is 0.381. The zero-order valence-corrected chi connectivity index (χ0v) is 17.4. The zero-order valence-electron chi connectivity index (χ0n) is 17.4. The lowest BCUT2D eigenvalue weighted by Crippen LogP contribution is -2.46. The highest BCUT2D eigenvalue weighted by atomic mass is 16.1. The van der Waals surface area contributed by atoms with Crippen molar-refractivity contribution in [2.75, 3.05) is 36.0 Å². The molecule has 0 spiro atoms. The van der Waals surface area contributed by atoms with Crippen LogP contribution in [0.1, 0.15) is 19.9 Å². The highest BCUT2D eigenvalue weighted by Gasteiger charge is 2.21. The molecule has 1 aliphatic rings. The first-order chi connectivity index (χ1) is 14.5. The third-order valence-corrected chi connectivity index (χ3v) is 5.68. The van der Waals surface area contributed by atoms with E-state index in [1.807, 2.05) is 45.3 Å². The van der Waals surface area contributed by atoms with Gasteiger partial charge in [-0.2, -0.15) is 5.10 Å². The fourth-order valence-electron chi connectivity index (χ4n) is 4.05. The Bertz CT molecular complexity index is 1280. The van der Waals surface area contributed by atoms with Gasteiger partial charge in [0.2, 0.25) is 0 Å². The number of nitrogens with zero attached hydrogens (tertiary/aromatic N) is 8. The summed E-state index contributed by atoms with van der Waals surface area (Å²) in [6.07, 6.45) is 5.19.